The van der Waals surface area contributed by atoms with Crippen LogP contribution in [0, 0.1) is 0 Å². The number of carbonyl (C=O) groups is 4. The quantitative estimate of drug-likeness (QED) is 0.174. The lowest BCUT2D eigenvalue weighted by molar-refractivity contribution is -0.145. The molecule has 39 heavy (non-hydrogen) atoms. The number of halogens is 2. The summed E-state index contributed by atoms with van der Waals surface area (Å²) in [5.41, 5.74) is -0.332. The molecule has 0 saturated carbocycles. The number of nitrogens with one attached hydrogen (secondary N) is 1. The van der Waals surface area contributed by atoms with E-state index in [0.29, 0.717) is 5.56 Å². The molecule has 0 aliphatic heterocycles. The summed E-state index contributed by atoms with van der Waals surface area (Å²) in [7, 11) is 0. The average Bonchev–Trinajstić information content (AvgIpc) is 3.16. The van der Waals surface area contributed by atoms with E-state index in [1.807, 2.05) is 0 Å². The summed E-state index contributed by atoms with van der Waals surface area (Å²) in [6, 6.07) is 11.6. The number of Topliss-reactive ketones (excluding diaryl/α,β-unsaturated/α-hetero) is 1. The maximum absolute atomic E-state index is 13.2. The van der Waals surface area contributed by atoms with E-state index in [9.17, 15) is 19.2 Å². The average molecular weight is 577 g/mol. The highest BCUT2D eigenvalue weighted by Crippen LogP contribution is 2.39. The Balaban J connectivity index is 1.92. The van der Waals surface area contributed by atoms with Crippen LogP contribution in [-0.4, -0.2) is 53.2 Å². The molecule has 0 radical (unpaired) electrons. The fraction of sp³-hybridized carbons (Fsp3) is 0.357. The number of benzene rings is 2. The van der Waals surface area contributed by atoms with Crippen molar-refractivity contribution in [3.63, 3.8) is 0 Å². The Labute approximate surface area is 236 Å². The van der Waals surface area contributed by atoms with E-state index in [-0.39, 0.29) is 51.1 Å². The van der Waals surface area contributed by atoms with Gasteiger partial charge in [-0.25, -0.2) is 14.2 Å². The number of hydrogen-bond donors (Lipinski definition) is 1. The van der Waals surface area contributed by atoms with Crippen molar-refractivity contribution < 1.29 is 33.4 Å². The summed E-state index contributed by atoms with van der Waals surface area (Å²) < 4.78 is 17.2. The Hall–Kier alpha value is -3.56. The summed E-state index contributed by atoms with van der Waals surface area (Å²) in [4.78, 5) is 51.5. The third-order valence-electron chi connectivity index (χ3n) is 5.34. The lowest BCUT2D eigenvalue weighted by Gasteiger charge is -2.21. The summed E-state index contributed by atoms with van der Waals surface area (Å²) in [5.74, 6) is -1.71. The van der Waals surface area contributed by atoms with Crippen molar-refractivity contribution in [3.05, 3.63) is 63.8 Å². The molecule has 0 bridgehead atoms. The minimum atomic E-state index is -0.882. The van der Waals surface area contributed by atoms with Crippen LogP contribution in [0.3, 0.4) is 0 Å². The van der Waals surface area contributed by atoms with Gasteiger partial charge in [-0.3, -0.25) is 9.59 Å². The number of hydrogen-bond acceptors (Lipinski definition) is 8. The van der Waals surface area contributed by atoms with E-state index in [1.54, 1.807) is 65.0 Å². The third-order valence-corrected chi connectivity index (χ3v) is 5.86. The molecule has 208 valence electrons. The lowest BCUT2D eigenvalue weighted by Crippen LogP contribution is -2.29. The zero-order valence-electron chi connectivity index (χ0n) is 22.3. The second kappa shape index (κ2) is 12.5. The van der Waals surface area contributed by atoms with Gasteiger partial charge in [-0.2, -0.15) is 0 Å². The zero-order chi connectivity index (χ0) is 28.9. The highest BCUT2D eigenvalue weighted by atomic mass is 35.5. The number of nitrogens with zero attached hydrogens (tertiary/aromatic N) is 1. The van der Waals surface area contributed by atoms with Crippen LogP contribution in [0.2, 0.25) is 10.0 Å². The van der Waals surface area contributed by atoms with Gasteiger partial charge >= 0.3 is 18.0 Å². The number of ether oxygens (including phenoxy) is 3. The number of ketones is 1. The van der Waals surface area contributed by atoms with Gasteiger partial charge in [-0.05, 0) is 46.8 Å². The minimum absolute atomic E-state index is 0.00783. The molecule has 3 aromatic rings. The predicted molar refractivity (Wildman–Crippen MR) is 149 cm³/mol. The van der Waals surface area contributed by atoms with Gasteiger partial charge in [0.25, 0.3) is 0 Å². The number of rotatable bonds is 9. The van der Waals surface area contributed by atoms with Crippen LogP contribution in [0.1, 0.15) is 61.9 Å². The van der Waals surface area contributed by atoms with Crippen LogP contribution in [-0.2, 0) is 19.0 Å². The Kier molecular flexibility index (Phi) is 9.63. The van der Waals surface area contributed by atoms with Crippen molar-refractivity contribution >= 4 is 63.6 Å². The van der Waals surface area contributed by atoms with Crippen LogP contribution < -0.4 is 5.32 Å². The summed E-state index contributed by atoms with van der Waals surface area (Å²) in [6.45, 7) is 7.89. The fourth-order valence-corrected chi connectivity index (χ4v) is 4.45. The number of fused-ring (bicyclic) bond motifs is 1. The zero-order valence-corrected chi connectivity index (χ0v) is 23.8. The van der Waals surface area contributed by atoms with Gasteiger partial charge in [-0.15, -0.1) is 0 Å². The molecule has 0 amide bonds. The van der Waals surface area contributed by atoms with Crippen LogP contribution in [0.5, 0.6) is 0 Å². The smallest absolute Gasteiger partial charge is 0.419 e. The van der Waals surface area contributed by atoms with Crippen LogP contribution in [0.4, 0.5) is 10.5 Å². The summed E-state index contributed by atoms with van der Waals surface area (Å²) in [5, 5.41) is 3.47. The van der Waals surface area contributed by atoms with Crippen molar-refractivity contribution in [2.45, 2.75) is 52.7 Å². The van der Waals surface area contributed by atoms with Crippen molar-refractivity contribution in [3.8, 4) is 0 Å². The van der Waals surface area contributed by atoms with E-state index >= 15 is 0 Å². The van der Waals surface area contributed by atoms with E-state index in [2.05, 4.69) is 5.32 Å². The first-order chi connectivity index (χ1) is 18.3. The summed E-state index contributed by atoms with van der Waals surface area (Å²) in [6.07, 6.45) is -1.58. The van der Waals surface area contributed by atoms with Gasteiger partial charge in [0.1, 0.15) is 18.2 Å². The number of anilines is 1. The largest absolute Gasteiger partial charge is 0.461 e. The van der Waals surface area contributed by atoms with Crippen LogP contribution in [0.15, 0.2) is 42.5 Å². The molecule has 1 heterocycles. The van der Waals surface area contributed by atoms with E-state index in [0.717, 1.165) is 4.57 Å². The van der Waals surface area contributed by atoms with Gasteiger partial charge in [-0.1, -0.05) is 53.5 Å². The highest BCUT2D eigenvalue weighted by Gasteiger charge is 2.32. The minimum Gasteiger partial charge on any atom is -0.461 e. The van der Waals surface area contributed by atoms with Gasteiger partial charge in [0.05, 0.1) is 22.8 Å². The first kappa shape index (κ1) is 30.0. The molecule has 2 aromatic carbocycles. The Morgan fingerprint density at radius 2 is 1.72 bits per heavy atom. The molecule has 1 atom stereocenters. The maximum atomic E-state index is 13.2. The number of esters is 2. The number of aromatic nitrogens is 1. The molecule has 0 fully saturated rings. The van der Waals surface area contributed by atoms with E-state index in [1.165, 1.54) is 12.1 Å². The summed E-state index contributed by atoms with van der Waals surface area (Å²) >= 11 is 12.7. The van der Waals surface area contributed by atoms with Crippen molar-refractivity contribution in [1.82, 2.24) is 4.57 Å². The topological polar surface area (TPSA) is 113 Å². The molecule has 9 nitrogen and oxygen atoms in total. The first-order valence-electron chi connectivity index (χ1n) is 12.3. The molecule has 1 aromatic heterocycles. The first-order valence-corrected chi connectivity index (χ1v) is 13.0. The lowest BCUT2D eigenvalue weighted by atomic mass is 10.1. The Bertz CT molecular complexity index is 1390. The van der Waals surface area contributed by atoms with Crippen LogP contribution >= 0.6 is 23.2 Å². The van der Waals surface area contributed by atoms with Gasteiger partial charge in [0, 0.05) is 22.4 Å². The molecular formula is C28H30Cl2N2O7. The van der Waals surface area contributed by atoms with Gasteiger partial charge in [0.15, 0.2) is 11.5 Å². The second-order valence-electron chi connectivity index (χ2n) is 9.69. The van der Waals surface area contributed by atoms with Crippen molar-refractivity contribution in [2.75, 3.05) is 18.5 Å². The fourth-order valence-electron chi connectivity index (χ4n) is 3.87. The molecule has 0 aliphatic carbocycles. The van der Waals surface area contributed by atoms with Gasteiger partial charge in [0.2, 0.25) is 0 Å². The third kappa shape index (κ3) is 7.52. The Morgan fingerprint density at radius 3 is 2.33 bits per heavy atom. The number of carbonyl (C=O) groups excluding carboxylic acids is 4. The molecule has 1 unspecified atom stereocenters. The second-order valence-corrected chi connectivity index (χ2v) is 10.5. The molecule has 0 spiro atoms. The highest BCUT2D eigenvalue weighted by molar-refractivity contribution is 6.40. The molecule has 1 N–H and O–H groups in total. The van der Waals surface area contributed by atoms with Crippen molar-refractivity contribution in [1.29, 1.82) is 0 Å². The monoisotopic (exact) mass is 576 g/mol. The SMILES string of the molecule is CCOC(=O)c1c(NCC(=O)OC(C)CC(=O)c2ccccc2)c2c(Cl)cc(Cl)cc2n1C(=O)OC(C)(C)C. The maximum Gasteiger partial charge on any atom is 0.419 e. The molecule has 0 saturated heterocycles. The normalized spacial score (nSPS) is 12.1. The molecular weight excluding hydrogens is 547 g/mol. The van der Waals surface area contributed by atoms with E-state index in [4.69, 9.17) is 37.4 Å². The van der Waals surface area contributed by atoms with Gasteiger partial charge < -0.3 is 19.5 Å². The Morgan fingerprint density at radius 1 is 1.05 bits per heavy atom. The standard InChI is InChI=1S/C28H30Cl2N2O7/c1-6-37-26(35)25-24(31-15-22(34)38-16(2)12-21(33)17-10-8-7-9-11-17)23-19(30)13-18(29)14-20(23)32(25)27(36)39-28(3,4)5/h7-11,13-14,16,31H,6,12,15H2,1-5H3. The van der Waals surface area contributed by atoms with E-state index < -0.39 is 36.3 Å². The van der Waals surface area contributed by atoms with Crippen molar-refractivity contribution in [2.24, 2.45) is 0 Å². The molecule has 3 rings (SSSR count). The molecule has 0 aliphatic rings. The predicted octanol–water partition coefficient (Wildman–Crippen LogP) is 6.52. The molecule has 11 heteroatoms. The van der Waals surface area contributed by atoms with Crippen LogP contribution in [0.25, 0.3) is 10.9 Å².